The van der Waals surface area contributed by atoms with Gasteiger partial charge in [-0.2, -0.15) is 5.10 Å². The molecule has 0 aliphatic rings. The molecule has 3 rings (SSSR count). The number of nitrogens with zero attached hydrogens (tertiary/aromatic N) is 4. The molecule has 0 radical (unpaired) electrons. The number of hydrogen-bond donors (Lipinski definition) is 1. The van der Waals surface area contributed by atoms with Gasteiger partial charge < -0.3 is 14.8 Å². The molecule has 3 N–H and O–H groups in total. The van der Waals surface area contributed by atoms with Crippen molar-refractivity contribution in [1.82, 2.24) is 24.7 Å². The average molecular weight is 302 g/mol. The molecule has 3 heterocycles. The fourth-order valence-corrected chi connectivity index (χ4v) is 2.18. The van der Waals surface area contributed by atoms with Crippen LogP contribution in [0.1, 0.15) is 16.2 Å². The molecule has 9 nitrogen and oxygen atoms in total. The van der Waals surface area contributed by atoms with Crippen molar-refractivity contribution in [3.05, 3.63) is 30.1 Å². The molecule has 0 unspecified atom stereocenters. The maximum absolute atomic E-state index is 11.9. The number of ether oxygens (including phenoxy) is 1. The van der Waals surface area contributed by atoms with E-state index in [-0.39, 0.29) is 5.56 Å². The first-order valence-corrected chi connectivity index (χ1v) is 6.26. The van der Waals surface area contributed by atoms with Gasteiger partial charge in [0, 0.05) is 6.20 Å². The van der Waals surface area contributed by atoms with Crippen LogP contribution in [0.3, 0.4) is 0 Å². The highest BCUT2D eigenvalue weighted by Crippen LogP contribution is 2.31. The van der Waals surface area contributed by atoms with E-state index in [1.165, 1.54) is 30.5 Å². The molecule has 0 saturated carbocycles. The molecule has 0 saturated heterocycles. The van der Waals surface area contributed by atoms with Gasteiger partial charge in [0.05, 0.1) is 34.6 Å². The number of carbonyl (C=O) groups is 2. The average Bonchev–Trinajstić information content (AvgIpc) is 3.12. The molecular formula is C13H12N5O4+. The predicted octanol–water partition coefficient (Wildman–Crippen LogP) is -0.105. The molecule has 0 atom stereocenters. The second-order valence-corrected chi connectivity index (χ2v) is 4.50. The number of Topliss-reactive ketones (excluding diaryl/α,β-unsaturated/α-hetero) is 1. The lowest BCUT2D eigenvalue weighted by Crippen LogP contribution is -2.12. The van der Waals surface area contributed by atoms with E-state index in [0.29, 0.717) is 28.3 Å². The highest BCUT2D eigenvalue weighted by atomic mass is 16.5. The molecule has 112 valence electrons. The zero-order valence-corrected chi connectivity index (χ0v) is 11.7. The molecule has 22 heavy (non-hydrogen) atoms. The van der Waals surface area contributed by atoms with E-state index in [1.807, 2.05) is 0 Å². The molecular weight excluding hydrogens is 290 g/mol. The third-order valence-corrected chi connectivity index (χ3v) is 3.15. The van der Waals surface area contributed by atoms with Gasteiger partial charge in [-0.15, -0.1) is 0 Å². The Labute approximate surface area is 123 Å². The Bertz CT molecular complexity index is 895. The van der Waals surface area contributed by atoms with Crippen LogP contribution in [0.25, 0.3) is 16.7 Å². The first kappa shape index (κ1) is 13.7. The highest BCUT2D eigenvalue weighted by molar-refractivity contribution is 6.42. The predicted molar refractivity (Wildman–Crippen MR) is 75.3 cm³/mol. The molecule has 0 aromatic carbocycles. The van der Waals surface area contributed by atoms with Crippen molar-refractivity contribution in [3.63, 3.8) is 0 Å². The van der Waals surface area contributed by atoms with Gasteiger partial charge in [0.15, 0.2) is 5.82 Å². The van der Waals surface area contributed by atoms with Crippen LogP contribution in [0.2, 0.25) is 0 Å². The summed E-state index contributed by atoms with van der Waals surface area (Å²) < 4.78 is 6.65. The summed E-state index contributed by atoms with van der Waals surface area (Å²) in [6.45, 7) is 1.74. The Morgan fingerprint density at radius 1 is 1.36 bits per heavy atom. The highest BCUT2D eigenvalue weighted by Gasteiger charge is 2.28. The van der Waals surface area contributed by atoms with Crippen LogP contribution in [-0.2, 0) is 4.79 Å². The summed E-state index contributed by atoms with van der Waals surface area (Å²) in [6.07, 6.45) is 4.27. The summed E-state index contributed by atoms with van der Waals surface area (Å²) in [5.41, 5.74) is 0.529. The standard InChI is InChI=1S/C13H11N5O4/c1-6-16-5-18(17-6)12-10-9(8(22-2)4-15-12)7(3-14-10)11(19)13(20)21/h3-5,14H,1-2H3,(H,20,21)/p+1. The minimum absolute atomic E-state index is 0.0623. The number of methoxy groups -OCH3 is 1. The number of hydrogen-bond acceptors (Lipinski definition) is 6. The first-order chi connectivity index (χ1) is 10.5. The summed E-state index contributed by atoms with van der Waals surface area (Å²) in [5.74, 6) is -0.918. The van der Waals surface area contributed by atoms with Crippen LogP contribution in [0.15, 0.2) is 18.7 Å². The summed E-state index contributed by atoms with van der Waals surface area (Å²) >= 11 is 0. The molecule has 0 fully saturated rings. The van der Waals surface area contributed by atoms with E-state index in [1.54, 1.807) is 6.92 Å². The normalized spacial score (nSPS) is 10.8. The number of nitrogens with one attached hydrogen (secondary N) is 1. The van der Waals surface area contributed by atoms with Gasteiger partial charge in [-0.05, 0) is 6.92 Å². The number of aromatic amines is 1. The largest absolute Gasteiger partial charge is 0.590 e. The smallest absolute Gasteiger partial charge is 0.558 e. The third kappa shape index (κ3) is 1.99. The fourth-order valence-electron chi connectivity index (χ4n) is 2.18. The minimum atomic E-state index is -1.29. The van der Waals surface area contributed by atoms with Crippen LogP contribution in [0.4, 0.5) is 0 Å². The summed E-state index contributed by atoms with van der Waals surface area (Å²) in [5, 5.41) is 11.5. The van der Waals surface area contributed by atoms with Crippen molar-refractivity contribution in [3.8, 4) is 11.6 Å². The molecule has 0 bridgehead atoms. The van der Waals surface area contributed by atoms with E-state index in [9.17, 15) is 9.59 Å². The second-order valence-electron chi connectivity index (χ2n) is 4.50. The van der Waals surface area contributed by atoms with E-state index in [2.05, 4.69) is 20.1 Å². The van der Waals surface area contributed by atoms with Crippen molar-refractivity contribution < 1.29 is 19.4 Å². The molecule has 3 aromatic rings. The number of rotatable bonds is 4. The van der Waals surface area contributed by atoms with E-state index in [0.717, 1.165) is 0 Å². The van der Waals surface area contributed by atoms with Gasteiger partial charge >= 0.3 is 11.8 Å². The number of aromatic nitrogens is 5. The summed E-state index contributed by atoms with van der Waals surface area (Å²) in [4.78, 5) is 34.1. The van der Waals surface area contributed by atoms with Gasteiger partial charge in [-0.25, -0.2) is 14.6 Å². The van der Waals surface area contributed by atoms with Crippen molar-refractivity contribution in [2.45, 2.75) is 6.92 Å². The van der Waals surface area contributed by atoms with Crippen LogP contribution < -0.4 is 4.74 Å². The molecule has 9 heteroatoms. The Morgan fingerprint density at radius 3 is 2.73 bits per heavy atom. The topological polar surface area (TPSA) is 126 Å². The fraction of sp³-hybridized carbons (Fsp3) is 0.154. The van der Waals surface area contributed by atoms with E-state index >= 15 is 0 Å². The third-order valence-electron chi connectivity index (χ3n) is 3.15. The Morgan fingerprint density at radius 2 is 2.14 bits per heavy atom. The molecule has 3 aromatic heterocycles. The minimum Gasteiger partial charge on any atom is -0.558 e. The van der Waals surface area contributed by atoms with Crippen molar-refractivity contribution in [2.75, 3.05) is 7.11 Å². The van der Waals surface area contributed by atoms with Crippen LogP contribution in [0.5, 0.6) is 5.75 Å². The quantitative estimate of drug-likeness (QED) is 0.407. The molecule has 0 spiro atoms. The van der Waals surface area contributed by atoms with E-state index < -0.39 is 11.8 Å². The number of carbonyl (C=O) groups excluding carboxylic acids is 2. The number of H-pyrrole nitrogens is 1. The number of pyridine rings is 1. The van der Waals surface area contributed by atoms with Crippen molar-refractivity contribution in [2.24, 2.45) is 0 Å². The Hall–Kier alpha value is -3.23. The van der Waals surface area contributed by atoms with E-state index in [4.69, 9.17) is 9.84 Å². The maximum Gasteiger partial charge on any atom is 0.590 e. The molecule has 0 aliphatic carbocycles. The Kier molecular flexibility index (Phi) is 3.09. The number of fused-ring (bicyclic) bond motifs is 1. The van der Waals surface area contributed by atoms with Crippen molar-refractivity contribution >= 4 is 22.7 Å². The van der Waals surface area contributed by atoms with Gasteiger partial charge in [-0.3, -0.25) is 4.79 Å². The van der Waals surface area contributed by atoms with Crippen LogP contribution in [0, 0.1) is 6.92 Å². The maximum atomic E-state index is 11.9. The van der Waals surface area contributed by atoms with Crippen molar-refractivity contribution in [1.29, 1.82) is 0 Å². The summed E-state index contributed by atoms with van der Waals surface area (Å²) in [7, 11) is 1.43. The molecule has 0 aliphatic heterocycles. The van der Waals surface area contributed by atoms with Gasteiger partial charge in [-0.1, -0.05) is 0 Å². The molecule has 0 amide bonds. The first-order valence-electron chi connectivity index (χ1n) is 6.26. The number of aryl methyl sites for hydroxylation is 1. The lowest BCUT2D eigenvalue weighted by molar-refractivity contribution is -0.131. The Balaban J connectivity index is 2.30. The lowest BCUT2D eigenvalue weighted by atomic mass is 10.1. The monoisotopic (exact) mass is 302 g/mol. The van der Waals surface area contributed by atoms with Gasteiger partial charge in [0.1, 0.15) is 17.9 Å². The lowest BCUT2D eigenvalue weighted by Gasteiger charge is -2.06. The zero-order chi connectivity index (χ0) is 15.9. The SMILES string of the molecule is COc1cnc(-n2cnc(C)n2)c2[nH]cc(C(=O)C(=O)[OH2+])c12. The van der Waals surface area contributed by atoms with Gasteiger partial charge in [0.25, 0.3) is 0 Å². The van der Waals surface area contributed by atoms with Gasteiger partial charge in [0.2, 0.25) is 0 Å². The van der Waals surface area contributed by atoms with Crippen LogP contribution >= 0.6 is 0 Å². The number of ketones is 1. The second kappa shape index (κ2) is 4.95. The van der Waals surface area contributed by atoms with Crippen LogP contribution in [-0.4, -0.2) is 48.7 Å². The zero-order valence-electron chi connectivity index (χ0n) is 11.7. The summed E-state index contributed by atoms with van der Waals surface area (Å²) in [6, 6.07) is 0.